The SMILES string of the molecule is CCCC(N)(Cc1ccccc1)C(C)([C@@H](NCC(C)C)C(N)=O)S(C)(=O)=O. The molecule has 1 aromatic carbocycles. The van der Waals surface area contributed by atoms with E-state index in [0.29, 0.717) is 25.8 Å². The second kappa shape index (κ2) is 9.17. The Labute approximate surface area is 164 Å². The number of nitrogens with two attached hydrogens (primary N) is 2. The zero-order chi connectivity index (χ0) is 20.9. The van der Waals surface area contributed by atoms with Crippen LogP contribution in [0.5, 0.6) is 0 Å². The van der Waals surface area contributed by atoms with Crippen LogP contribution < -0.4 is 16.8 Å². The molecule has 1 amide bonds. The summed E-state index contributed by atoms with van der Waals surface area (Å²) >= 11 is 0. The van der Waals surface area contributed by atoms with Gasteiger partial charge in [-0.1, -0.05) is 57.5 Å². The number of carbonyl (C=O) groups is 1. The predicted molar refractivity (Wildman–Crippen MR) is 111 cm³/mol. The van der Waals surface area contributed by atoms with Crippen molar-refractivity contribution in [3.05, 3.63) is 35.9 Å². The smallest absolute Gasteiger partial charge is 0.236 e. The van der Waals surface area contributed by atoms with E-state index < -0.39 is 32.1 Å². The van der Waals surface area contributed by atoms with E-state index in [2.05, 4.69) is 5.32 Å². The Kier molecular flexibility index (Phi) is 8.01. The monoisotopic (exact) mass is 397 g/mol. The van der Waals surface area contributed by atoms with Crippen molar-refractivity contribution in [3.63, 3.8) is 0 Å². The van der Waals surface area contributed by atoms with Gasteiger partial charge in [-0.25, -0.2) is 8.42 Å². The molecule has 3 atom stereocenters. The molecule has 27 heavy (non-hydrogen) atoms. The first-order valence-corrected chi connectivity index (χ1v) is 11.3. The molecule has 0 spiro atoms. The van der Waals surface area contributed by atoms with Crippen LogP contribution in [0.1, 0.15) is 46.1 Å². The zero-order valence-corrected chi connectivity index (χ0v) is 18.0. The fraction of sp³-hybridized carbons (Fsp3) is 0.650. The molecule has 0 bridgehead atoms. The number of nitrogens with one attached hydrogen (secondary N) is 1. The summed E-state index contributed by atoms with van der Waals surface area (Å²) in [4.78, 5) is 12.3. The molecule has 0 aliphatic carbocycles. The maximum atomic E-state index is 13.0. The summed E-state index contributed by atoms with van der Waals surface area (Å²) < 4.78 is 24.5. The van der Waals surface area contributed by atoms with Gasteiger partial charge in [0.15, 0.2) is 9.84 Å². The second-order valence-corrected chi connectivity index (χ2v) is 10.5. The third kappa shape index (κ3) is 5.30. The van der Waals surface area contributed by atoms with Gasteiger partial charge in [0, 0.05) is 11.8 Å². The zero-order valence-electron chi connectivity index (χ0n) is 17.2. The highest BCUT2D eigenvalue weighted by molar-refractivity contribution is 7.92. The highest BCUT2D eigenvalue weighted by atomic mass is 32.2. The summed E-state index contributed by atoms with van der Waals surface area (Å²) in [6, 6.07) is 8.43. The van der Waals surface area contributed by atoms with Crippen LogP contribution in [-0.4, -0.2) is 43.5 Å². The van der Waals surface area contributed by atoms with E-state index in [1.54, 1.807) is 6.92 Å². The molecule has 5 N–H and O–H groups in total. The minimum Gasteiger partial charge on any atom is -0.368 e. The lowest BCUT2D eigenvalue weighted by atomic mass is 9.73. The van der Waals surface area contributed by atoms with E-state index in [9.17, 15) is 13.2 Å². The fourth-order valence-corrected chi connectivity index (χ4v) is 5.25. The largest absolute Gasteiger partial charge is 0.368 e. The maximum Gasteiger partial charge on any atom is 0.236 e. The molecule has 1 aromatic rings. The molecule has 0 aromatic heterocycles. The number of rotatable bonds is 11. The van der Waals surface area contributed by atoms with Crippen molar-refractivity contribution in [1.82, 2.24) is 5.32 Å². The molecule has 7 heteroatoms. The third-order valence-corrected chi connectivity index (χ3v) is 7.57. The summed E-state index contributed by atoms with van der Waals surface area (Å²) in [6.45, 7) is 7.94. The van der Waals surface area contributed by atoms with Gasteiger partial charge in [0.2, 0.25) is 5.91 Å². The Morgan fingerprint density at radius 1 is 1.22 bits per heavy atom. The number of hydrogen-bond donors (Lipinski definition) is 3. The molecule has 2 unspecified atom stereocenters. The molecule has 0 heterocycles. The predicted octanol–water partition coefficient (Wildman–Crippen LogP) is 1.63. The first-order valence-electron chi connectivity index (χ1n) is 9.44. The van der Waals surface area contributed by atoms with E-state index in [-0.39, 0.29) is 5.92 Å². The van der Waals surface area contributed by atoms with Crippen molar-refractivity contribution in [2.24, 2.45) is 17.4 Å². The molecule has 1 rings (SSSR count). The summed E-state index contributed by atoms with van der Waals surface area (Å²) in [5.74, 6) is -0.481. The third-order valence-electron chi connectivity index (χ3n) is 5.38. The lowest BCUT2D eigenvalue weighted by Crippen LogP contribution is -2.74. The molecule has 154 valence electrons. The van der Waals surface area contributed by atoms with Crippen LogP contribution in [-0.2, 0) is 21.1 Å². The molecule has 0 saturated heterocycles. The van der Waals surface area contributed by atoms with Crippen molar-refractivity contribution >= 4 is 15.7 Å². The average molecular weight is 398 g/mol. The molecule has 0 aliphatic heterocycles. The Bertz CT molecular complexity index is 721. The van der Waals surface area contributed by atoms with Gasteiger partial charge in [-0.05, 0) is 37.8 Å². The molecule has 0 aliphatic rings. The van der Waals surface area contributed by atoms with Crippen LogP contribution in [0.4, 0.5) is 0 Å². The fourth-order valence-electron chi connectivity index (χ4n) is 3.71. The highest BCUT2D eigenvalue weighted by Crippen LogP contribution is 2.38. The summed E-state index contributed by atoms with van der Waals surface area (Å²) in [6.07, 6.45) is 2.60. The Balaban J connectivity index is 3.55. The maximum absolute atomic E-state index is 13.0. The van der Waals surface area contributed by atoms with E-state index >= 15 is 0 Å². The number of primary amides is 1. The molecule has 0 fully saturated rings. The summed E-state index contributed by atoms with van der Waals surface area (Å²) in [5.41, 5.74) is 12.3. The normalized spacial score (nSPS) is 17.9. The number of carbonyl (C=O) groups excluding carboxylic acids is 1. The van der Waals surface area contributed by atoms with Crippen molar-refractivity contribution < 1.29 is 13.2 Å². The van der Waals surface area contributed by atoms with Crippen LogP contribution in [0.15, 0.2) is 30.3 Å². The molecule has 0 saturated carbocycles. The molecule has 0 radical (unpaired) electrons. The molecule has 6 nitrogen and oxygen atoms in total. The van der Waals surface area contributed by atoms with Gasteiger partial charge >= 0.3 is 0 Å². The van der Waals surface area contributed by atoms with Crippen molar-refractivity contribution in [3.8, 4) is 0 Å². The Morgan fingerprint density at radius 3 is 2.19 bits per heavy atom. The lowest BCUT2D eigenvalue weighted by molar-refractivity contribution is -0.121. The van der Waals surface area contributed by atoms with E-state index in [4.69, 9.17) is 11.5 Å². The number of hydrogen-bond acceptors (Lipinski definition) is 5. The van der Waals surface area contributed by atoms with Crippen molar-refractivity contribution in [1.29, 1.82) is 0 Å². The quantitative estimate of drug-likeness (QED) is 0.525. The van der Waals surface area contributed by atoms with Crippen molar-refractivity contribution in [2.75, 3.05) is 12.8 Å². The Morgan fingerprint density at radius 2 is 1.78 bits per heavy atom. The van der Waals surface area contributed by atoms with E-state index in [0.717, 1.165) is 11.8 Å². The first kappa shape index (κ1) is 23.6. The van der Waals surface area contributed by atoms with E-state index in [1.165, 1.54) is 0 Å². The van der Waals surface area contributed by atoms with Crippen LogP contribution >= 0.6 is 0 Å². The minimum absolute atomic E-state index is 0.225. The van der Waals surface area contributed by atoms with Crippen LogP contribution in [0, 0.1) is 5.92 Å². The van der Waals surface area contributed by atoms with Gasteiger partial charge in [-0.15, -0.1) is 0 Å². The number of benzene rings is 1. The van der Waals surface area contributed by atoms with Crippen molar-refractivity contribution in [2.45, 2.75) is 63.3 Å². The first-order chi connectivity index (χ1) is 12.4. The second-order valence-electron chi connectivity index (χ2n) is 8.09. The van der Waals surface area contributed by atoms with Crippen LogP contribution in [0.3, 0.4) is 0 Å². The van der Waals surface area contributed by atoms with Gasteiger partial charge in [-0.2, -0.15) is 0 Å². The Hall–Kier alpha value is -1.44. The highest BCUT2D eigenvalue weighted by Gasteiger charge is 2.58. The minimum atomic E-state index is -3.74. The number of amides is 1. The summed E-state index contributed by atoms with van der Waals surface area (Å²) in [5, 5.41) is 3.08. The van der Waals surface area contributed by atoms with Crippen LogP contribution in [0.2, 0.25) is 0 Å². The average Bonchev–Trinajstić information content (AvgIpc) is 2.54. The lowest BCUT2D eigenvalue weighted by Gasteiger charge is -2.49. The summed E-state index contributed by atoms with van der Waals surface area (Å²) in [7, 11) is -3.74. The topological polar surface area (TPSA) is 115 Å². The molecular weight excluding hydrogens is 362 g/mol. The van der Waals surface area contributed by atoms with E-state index in [1.807, 2.05) is 51.1 Å². The van der Waals surface area contributed by atoms with Crippen LogP contribution in [0.25, 0.3) is 0 Å². The standard InChI is InChI=1S/C20H35N3O3S/c1-6-12-20(22,13-16-10-8-7-9-11-16)19(4,27(5,25)26)17(18(21)24)23-14-15(2)3/h7-11,15,17,23H,6,12-14,22H2,1-5H3,(H2,21,24)/t17-,19?,20?/m0/s1. The number of sulfone groups is 1. The van der Waals surface area contributed by atoms with Gasteiger partial charge < -0.3 is 16.8 Å². The van der Waals surface area contributed by atoms with Gasteiger partial charge in [0.1, 0.15) is 10.8 Å². The molecular formula is C20H35N3O3S. The van der Waals surface area contributed by atoms with Gasteiger partial charge in [0.25, 0.3) is 0 Å². The van der Waals surface area contributed by atoms with Gasteiger partial charge in [0.05, 0.1) is 0 Å². The van der Waals surface area contributed by atoms with Gasteiger partial charge in [-0.3, -0.25) is 4.79 Å².